The van der Waals surface area contributed by atoms with Crippen molar-refractivity contribution in [2.75, 3.05) is 14.2 Å². The number of nitrogens with one attached hydrogen (secondary N) is 1. The van der Waals surface area contributed by atoms with E-state index < -0.39 is 7.60 Å². The topological polar surface area (TPSA) is 47.6 Å². The fourth-order valence-electron chi connectivity index (χ4n) is 2.36. The van der Waals surface area contributed by atoms with E-state index in [1.165, 1.54) is 14.2 Å². The highest BCUT2D eigenvalue weighted by atomic mass is 32.2. The average Bonchev–Trinajstić information content (AvgIpc) is 2.61. The Hall–Kier alpha value is 0.460. The first-order valence-electron chi connectivity index (χ1n) is 5.98. The second-order valence-corrected chi connectivity index (χ2v) is 9.22. The van der Waals surface area contributed by atoms with Crippen LogP contribution in [0.2, 0.25) is 0 Å². The summed E-state index contributed by atoms with van der Waals surface area (Å²) in [4.78, 5) is -0.0269. The summed E-state index contributed by atoms with van der Waals surface area (Å²) in [6, 6.07) is 0. The van der Waals surface area contributed by atoms with Gasteiger partial charge in [0.15, 0.2) is 0 Å². The second kappa shape index (κ2) is 5.22. The first-order valence-corrected chi connectivity index (χ1v) is 8.41. The molecule has 1 heterocycles. The van der Waals surface area contributed by atoms with Gasteiger partial charge in [-0.15, -0.1) is 11.8 Å². The number of hydrogen-bond acceptors (Lipinski definition) is 5. The molecule has 6 heteroatoms. The molecule has 1 atom stereocenters. The Balaban J connectivity index is 3.06. The molecule has 0 spiro atoms. The van der Waals surface area contributed by atoms with Crippen molar-refractivity contribution in [2.24, 2.45) is 0 Å². The standard InChI is InChI=1S/C11H24NO3PS/c1-7-11(8-2)12-9(10(3,4)17-11)16(13,14-5)15-6/h9,12H,7-8H2,1-6H3. The number of rotatable bonds is 5. The lowest BCUT2D eigenvalue weighted by atomic mass is 10.1. The fraction of sp³-hybridized carbons (Fsp3) is 1.00. The number of hydrogen-bond donors (Lipinski definition) is 1. The molecule has 1 unspecified atom stereocenters. The normalized spacial score (nSPS) is 27.3. The first kappa shape index (κ1) is 15.5. The molecule has 0 aromatic heterocycles. The highest BCUT2D eigenvalue weighted by Gasteiger charge is 2.56. The lowest BCUT2D eigenvalue weighted by Gasteiger charge is -2.29. The quantitative estimate of drug-likeness (QED) is 0.782. The molecule has 1 rings (SSSR count). The molecule has 1 N–H and O–H groups in total. The highest BCUT2D eigenvalue weighted by molar-refractivity contribution is 8.02. The van der Waals surface area contributed by atoms with Crippen LogP contribution in [-0.4, -0.2) is 29.6 Å². The van der Waals surface area contributed by atoms with Crippen LogP contribution in [0.25, 0.3) is 0 Å². The largest absolute Gasteiger partial charge is 0.348 e. The maximum Gasteiger partial charge on any atom is 0.348 e. The van der Waals surface area contributed by atoms with Crippen LogP contribution in [0.5, 0.6) is 0 Å². The molecule has 0 aliphatic carbocycles. The van der Waals surface area contributed by atoms with E-state index >= 15 is 0 Å². The van der Waals surface area contributed by atoms with Crippen molar-refractivity contribution < 1.29 is 13.6 Å². The van der Waals surface area contributed by atoms with Gasteiger partial charge in [0.2, 0.25) is 0 Å². The SMILES string of the molecule is CCC1(CC)NC(P(=O)(OC)OC)C(C)(C)S1. The third-order valence-electron chi connectivity index (χ3n) is 3.48. The Morgan fingerprint density at radius 3 is 2.00 bits per heavy atom. The third-order valence-corrected chi connectivity index (χ3v) is 7.93. The van der Waals surface area contributed by atoms with E-state index in [9.17, 15) is 4.57 Å². The zero-order valence-corrected chi connectivity index (χ0v) is 13.3. The average molecular weight is 281 g/mol. The molecule has 1 fully saturated rings. The van der Waals surface area contributed by atoms with Crippen molar-refractivity contribution in [1.29, 1.82) is 0 Å². The van der Waals surface area contributed by atoms with E-state index in [2.05, 4.69) is 33.0 Å². The van der Waals surface area contributed by atoms with Crippen molar-refractivity contribution >= 4 is 19.4 Å². The van der Waals surface area contributed by atoms with Gasteiger partial charge in [-0.1, -0.05) is 13.8 Å². The van der Waals surface area contributed by atoms with Gasteiger partial charge in [-0.25, -0.2) is 0 Å². The van der Waals surface area contributed by atoms with Gasteiger partial charge in [0.25, 0.3) is 0 Å². The van der Waals surface area contributed by atoms with Crippen LogP contribution in [0.15, 0.2) is 0 Å². The van der Waals surface area contributed by atoms with E-state index in [-0.39, 0.29) is 15.4 Å². The minimum atomic E-state index is -3.09. The van der Waals surface area contributed by atoms with Crippen molar-refractivity contribution in [3.8, 4) is 0 Å². The molecular formula is C11H24NO3PS. The van der Waals surface area contributed by atoms with E-state index in [1.807, 2.05) is 11.8 Å². The maximum atomic E-state index is 12.6. The van der Waals surface area contributed by atoms with Crippen LogP contribution >= 0.6 is 19.4 Å². The van der Waals surface area contributed by atoms with Crippen LogP contribution in [0, 0.1) is 0 Å². The van der Waals surface area contributed by atoms with Crippen molar-refractivity contribution in [2.45, 2.75) is 55.9 Å². The highest BCUT2D eigenvalue weighted by Crippen LogP contribution is 2.63. The third kappa shape index (κ3) is 2.74. The fourth-order valence-corrected chi connectivity index (χ4v) is 6.37. The van der Waals surface area contributed by atoms with Gasteiger partial charge in [0.05, 0.1) is 4.87 Å². The van der Waals surface area contributed by atoms with E-state index in [0.717, 1.165) is 12.8 Å². The molecule has 0 bridgehead atoms. The Morgan fingerprint density at radius 1 is 1.24 bits per heavy atom. The van der Waals surface area contributed by atoms with Crippen molar-refractivity contribution in [3.63, 3.8) is 0 Å². The predicted molar refractivity (Wildman–Crippen MR) is 73.5 cm³/mol. The van der Waals surface area contributed by atoms with Gasteiger partial charge in [0.1, 0.15) is 5.78 Å². The lowest BCUT2D eigenvalue weighted by Crippen LogP contribution is -2.43. The Bertz CT molecular complexity index is 310. The molecule has 0 amide bonds. The molecule has 0 aromatic rings. The van der Waals surface area contributed by atoms with Gasteiger partial charge in [-0.3, -0.25) is 9.88 Å². The summed E-state index contributed by atoms with van der Waals surface area (Å²) in [6.45, 7) is 8.47. The molecule has 1 saturated heterocycles. The van der Waals surface area contributed by atoms with Crippen LogP contribution in [-0.2, 0) is 13.6 Å². The monoisotopic (exact) mass is 281 g/mol. The molecule has 0 radical (unpaired) electrons. The molecule has 1 aliphatic heterocycles. The zero-order valence-electron chi connectivity index (χ0n) is 11.6. The van der Waals surface area contributed by atoms with E-state index in [4.69, 9.17) is 9.05 Å². The minimum Gasteiger partial charge on any atom is -0.311 e. The van der Waals surface area contributed by atoms with Crippen molar-refractivity contribution in [1.82, 2.24) is 5.32 Å². The van der Waals surface area contributed by atoms with Gasteiger partial charge < -0.3 is 9.05 Å². The molecule has 0 saturated carbocycles. The molecule has 4 nitrogen and oxygen atoms in total. The summed E-state index contributed by atoms with van der Waals surface area (Å²) in [5.41, 5.74) is 0. The van der Waals surface area contributed by atoms with Crippen LogP contribution in [0.4, 0.5) is 0 Å². The van der Waals surface area contributed by atoms with Gasteiger partial charge in [-0.2, -0.15) is 0 Å². The Morgan fingerprint density at radius 2 is 1.71 bits per heavy atom. The zero-order chi connectivity index (χ0) is 13.3. The smallest absolute Gasteiger partial charge is 0.311 e. The molecule has 17 heavy (non-hydrogen) atoms. The number of thioether (sulfide) groups is 1. The lowest BCUT2D eigenvalue weighted by molar-refractivity contribution is 0.248. The predicted octanol–water partition coefficient (Wildman–Crippen LogP) is 3.43. The van der Waals surface area contributed by atoms with Crippen molar-refractivity contribution in [3.05, 3.63) is 0 Å². The van der Waals surface area contributed by atoms with Gasteiger partial charge in [-0.05, 0) is 26.7 Å². The van der Waals surface area contributed by atoms with Gasteiger partial charge in [0, 0.05) is 19.0 Å². The Kier molecular flexibility index (Phi) is 4.76. The Labute approximate surface area is 109 Å². The summed E-state index contributed by atoms with van der Waals surface area (Å²) >= 11 is 1.84. The van der Waals surface area contributed by atoms with Crippen LogP contribution in [0.3, 0.4) is 0 Å². The molecule has 102 valence electrons. The van der Waals surface area contributed by atoms with E-state index in [0.29, 0.717) is 0 Å². The molecule has 0 aromatic carbocycles. The van der Waals surface area contributed by atoms with Crippen LogP contribution < -0.4 is 5.32 Å². The van der Waals surface area contributed by atoms with E-state index in [1.54, 1.807) is 0 Å². The summed E-state index contributed by atoms with van der Waals surface area (Å²) in [7, 11) is -0.191. The summed E-state index contributed by atoms with van der Waals surface area (Å²) in [6.07, 6.45) is 1.98. The maximum absolute atomic E-state index is 12.6. The summed E-state index contributed by atoms with van der Waals surface area (Å²) < 4.78 is 22.7. The molecular weight excluding hydrogens is 257 g/mol. The minimum absolute atomic E-state index is 0.0269. The summed E-state index contributed by atoms with van der Waals surface area (Å²) in [5, 5.41) is 3.49. The van der Waals surface area contributed by atoms with Crippen LogP contribution in [0.1, 0.15) is 40.5 Å². The summed E-state index contributed by atoms with van der Waals surface area (Å²) in [5.74, 6) is -0.269. The van der Waals surface area contributed by atoms with Gasteiger partial charge >= 0.3 is 7.60 Å². The first-order chi connectivity index (χ1) is 7.79. The second-order valence-electron chi connectivity index (χ2n) is 4.86. The molecule has 1 aliphatic rings.